The summed E-state index contributed by atoms with van der Waals surface area (Å²) in [4.78, 5) is 47.0. The number of para-hydroxylation sites is 4. The fourth-order valence-corrected chi connectivity index (χ4v) is 18.6. The number of nitrogens with two attached hydrogens (primary N) is 1. The maximum absolute atomic E-state index is 14.0. The summed E-state index contributed by atoms with van der Waals surface area (Å²) in [6.45, 7) is 7.46. The van der Waals surface area contributed by atoms with Crippen molar-refractivity contribution in [3.05, 3.63) is 268 Å². The number of rotatable bonds is 26. The summed E-state index contributed by atoms with van der Waals surface area (Å²) in [5.41, 5.74) is 16.2. The van der Waals surface area contributed by atoms with Crippen LogP contribution >= 0.6 is 11.6 Å². The maximum atomic E-state index is 14.0. The number of anilines is 1. The molecule has 5 aromatic carbocycles. The molecule has 29 nitrogen and oxygen atoms in total. The zero-order chi connectivity index (χ0) is 96.3. The van der Waals surface area contributed by atoms with Crippen LogP contribution in [0.4, 0.5) is 27.6 Å². The summed E-state index contributed by atoms with van der Waals surface area (Å²) in [6, 6.07) is 32.8. The van der Waals surface area contributed by atoms with Gasteiger partial charge in [-0.2, -0.15) is 25.5 Å². The highest BCUT2D eigenvalue weighted by Crippen LogP contribution is 2.40. The molecule has 21 rings (SSSR count). The lowest BCUT2D eigenvalue weighted by atomic mass is 9.87. The molecule has 5 saturated carbocycles. The third-order valence-corrected chi connectivity index (χ3v) is 26.7. The Balaban J connectivity index is 0.000000121. The fourth-order valence-electron chi connectivity index (χ4n) is 18.4. The largest absolute Gasteiger partial charge is 0.489 e. The van der Waals surface area contributed by atoms with E-state index in [9.17, 15) is 27.1 Å². The van der Waals surface area contributed by atoms with Gasteiger partial charge in [-0.05, 0) is 199 Å². The Morgan fingerprint density at radius 3 is 1.09 bits per heavy atom. The highest BCUT2D eigenvalue weighted by molar-refractivity contribution is 6.31. The summed E-state index contributed by atoms with van der Waals surface area (Å²) in [6.07, 6.45) is 57.4. The number of hydrogen-bond acceptors (Lipinski definition) is 24. The van der Waals surface area contributed by atoms with Crippen molar-refractivity contribution in [3.63, 3.8) is 0 Å². The van der Waals surface area contributed by atoms with E-state index < -0.39 is 23.3 Å². The third-order valence-electron chi connectivity index (χ3n) is 26.4. The summed E-state index contributed by atoms with van der Waals surface area (Å²) < 4.78 is 108. The van der Waals surface area contributed by atoms with Crippen LogP contribution in [0, 0.1) is 58.7 Å². The van der Waals surface area contributed by atoms with Crippen LogP contribution in [0.2, 0.25) is 5.15 Å². The number of likely N-dealkylation sites (N-methyl/N-ethyl adjacent to an activating group) is 1. The van der Waals surface area contributed by atoms with Gasteiger partial charge in [0.25, 0.3) is 0 Å². The first-order valence-electron chi connectivity index (χ1n) is 48.4. The third kappa shape index (κ3) is 26.0. The number of piperazine rings is 1. The Morgan fingerprint density at radius 1 is 0.329 bits per heavy atom. The van der Waals surface area contributed by atoms with Crippen LogP contribution < -0.4 is 34.3 Å². The lowest BCUT2D eigenvalue weighted by Gasteiger charge is -2.34. The highest BCUT2D eigenvalue weighted by atomic mass is 35.5. The van der Waals surface area contributed by atoms with Gasteiger partial charge in [0.05, 0.1) is 106 Å². The van der Waals surface area contributed by atoms with E-state index in [4.69, 9.17) is 41.0 Å². The molecule has 0 spiro atoms. The van der Waals surface area contributed by atoms with E-state index in [0.717, 1.165) is 147 Å². The molecule has 0 unspecified atom stereocenters. The van der Waals surface area contributed by atoms with E-state index in [-0.39, 0.29) is 28.4 Å². The van der Waals surface area contributed by atoms with Crippen molar-refractivity contribution in [2.24, 2.45) is 35.3 Å². The Bertz CT molecular complexity index is 6390. The average Bonchev–Trinajstić information content (AvgIpc) is 1.68. The molecular weight excluding hydrogens is 1810 g/mol. The minimum absolute atomic E-state index is 0.180. The average molecular weight is 1930 g/mol. The molecule has 1 saturated heterocycles. The van der Waals surface area contributed by atoms with Crippen LogP contribution in [0.3, 0.4) is 0 Å². The number of aliphatic hydroxyl groups is 1. The molecule has 3 N–H and O–H groups in total. The van der Waals surface area contributed by atoms with Crippen molar-refractivity contribution < 1.29 is 50.7 Å². The van der Waals surface area contributed by atoms with Gasteiger partial charge < -0.3 is 44.3 Å². The molecule has 0 bridgehead atoms. The standard InChI is InChI=1S/C25H33N7O.C20H19ClF2N4O.C20H20F2N4O.C20H21FN4O2.C20H22N4O/c1-30-10-12-31(13-11-30)22-6-8-23(9-7-22)32-16-20(14-29-32)25-24(15-27-18-28-25)33-17-19-2-4-21(26)5-3-19;21-20-19(28-11-13-5-2-1-3-6-13)17(24-12-25-20)14-9-26-27(10-14)18-15(22)7-4-8-16(18)23;21-16-7-4-8-17(22)20(16)26-11-15(9-25-26)19-18(10-23-13-24-19)27-12-14-5-2-1-3-6-14;21-17-3-1-2-4-18(17)25-11-15(9-24-25)20-19(10-22-13-23-20)27-12-14-5-7-16(26)8-6-14;1-3-7-16(8-4-1)14-25-19-12-21-15-22-20(19)17-11-23-24(13-17)18-9-5-2-6-10-18/h6-9,14-16,18-19,21H,2-5,10-13,17,26H2,1H3;4,7-10,12-13H,1-3,5-6,11H2;4,7-11,13-14H,1-3,5-6,12H2;1-4,9-11,13-14,16,26H,5-8,12H2;2,5-6,9-13,15-16H,1,3-4,7-8,14H2. The normalized spacial score (nSPS) is 17.6. The van der Waals surface area contributed by atoms with Crippen molar-refractivity contribution in [3.8, 4) is 113 Å². The number of aromatic nitrogens is 20. The molecule has 15 aromatic rings. The zero-order valence-corrected chi connectivity index (χ0v) is 79.0. The van der Waals surface area contributed by atoms with Crippen LogP contribution in [-0.4, -0.2) is 187 Å². The lowest BCUT2D eigenvalue weighted by molar-refractivity contribution is 0.0917. The summed E-state index contributed by atoms with van der Waals surface area (Å²) in [7, 11) is 2.18. The summed E-state index contributed by atoms with van der Waals surface area (Å²) in [5, 5.41) is 31.3. The number of halogens is 6. The van der Waals surface area contributed by atoms with E-state index in [1.807, 2.05) is 64.5 Å². The van der Waals surface area contributed by atoms with E-state index >= 15 is 0 Å². The molecule has 140 heavy (non-hydrogen) atoms. The topological polar surface area (TPSA) is 317 Å². The number of aliphatic hydroxyl groups excluding tert-OH is 1. The molecule has 35 heteroatoms. The molecule has 6 aliphatic rings. The molecule has 6 fully saturated rings. The minimum atomic E-state index is -0.704. The van der Waals surface area contributed by atoms with Crippen molar-refractivity contribution >= 4 is 17.3 Å². The minimum Gasteiger partial charge on any atom is -0.489 e. The Kier molecular flexibility index (Phi) is 34.0. The monoisotopic (exact) mass is 1920 g/mol. The number of nitrogens with zero attached hydrogens (tertiary/aromatic N) is 22. The molecule has 10 aromatic heterocycles. The molecule has 728 valence electrons. The second-order valence-electron chi connectivity index (χ2n) is 36.4. The van der Waals surface area contributed by atoms with E-state index in [1.54, 1.807) is 68.0 Å². The first-order valence-corrected chi connectivity index (χ1v) is 48.8. The van der Waals surface area contributed by atoms with Crippen molar-refractivity contribution in [2.75, 3.05) is 71.2 Å². The molecule has 0 radical (unpaired) electrons. The van der Waals surface area contributed by atoms with Gasteiger partial charge in [0.1, 0.15) is 83.0 Å². The molecule has 1 aliphatic heterocycles. The summed E-state index contributed by atoms with van der Waals surface area (Å²) in [5.74, 6) is 2.46. The van der Waals surface area contributed by atoms with Gasteiger partial charge in [-0.15, -0.1) is 0 Å². The van der Waals surface area contributed by atoms with E-state index in [1.165, 1.54) is 185 Å². The van der Waals surface area contributed by atoms with Gasteiger partial charge in [0, 0.05) is 96.7 Å². The zero-order valence-electron chi connectivity index (χ0n) is 78.3. The van der Waals surface area contributed by atoms with Gasteiger partial charge >= 0.3 is 0 Å². The van der Waals surface area contributed by atoms with Gasteiger partial charge in [-0.1, -0.05) is 112 Å². The lowest BCUT2D eigenvalue weighted by Crippen LogP contribution is -2.44. The second-order valence-corrected chi connectivity index (χ2v) is 36.8. The summed E-state index contributed by atoms with van der Waals surface area (Å²) >= 11 is 6.25. The van der Waals surface area contributed by atoms with Gasteiger partial charge in [-0.3, -0.25) is 0 Å². The Hall–Kier alpha value is -13.8. The molecule has 0 amide bonds. The number of hydrogen-bond donors (Lipinski definition) is 2. The van der Waals surface area contributed by atoms with Crippen LogP contribution in [-0.2, 0) is 0 Å². The Morgan fingerprint density at radius 2 is 0.664 bits per heavy atom. The number of benzene rings is 5. The highest BCUT2D eigenvalue weighted by Gasteiger charge is 2.28. The van der Waals surface area contributed by atoms with E-state index in [2.05, 4.69) is 116 Å². The van der Waals surface area contributed by atoms with Crippen molar-refractivity contribution in [2.45, 2.75) is 160 Å². The smallest absolute Gasteiger partial charge is 0.183 e. The molecule has 11 heterocycles. The first-order chi connectivity index (χ1) is 68.6. The number of ether oxygens (including phenoxy) is 5. The van der Waals surface area contributed by atoms with Crippen LogP contribution in [0.25, 0.3) is 84.7 Å². The fraction of sp³-hybridized carbons (Fsp3) is 0.381. The van der Waals surface area contributed by atoms with Crippen LogP contribution in [0.15, 0.2) is 234 Å². The van der Waals surface area contributed by atoms with Crippen molar-refractivity contribution in [1.82, 2.24) is 104 Å². The SMILES string of the molecule is CN1CCN(c2ccc(-n3cc(-c4ncncc4OCC4CCC(N)CC4)cn3)cc2)CC1.Fc1cccc(F)c1-n1cc(-c2ncnc(Cl)c2OCC2CCCCC2)cn1.Fc1cccc(F)c1-n1cc(-c2ncncc2OCC2CCCCC2)cn1.OC1CCC(COc2cncnc2-c2cnn(-c3ccccc3F)c2)CC1.c1ccc(-n2cc(-c3ncncc3OCC3CCCCC3)cn2)cc1. The van der Waals surface area contributed by atoms with Crippen molar-refractivity contribution in [1.29, 1.82) is 0 Å². The molecule has 5 aliphatic carbocycles. The van der Waals surface area contributed by atoms with Gasteiger partial charge in [0.2, 0.25) is 0 Å². The molecular formula is C105H115ClF5N23O6. The van der Waals surface area contributed by atoms with E-state index in [0.29, 0.717) is 119 Å². The predicted octanol–water partition coefficient (Wildman–Crippen LogP) is 20.5. The molecule has 0 atom stereocenters. The van der Waals surface area contributed by atoms with Crippen LogP contribution in [0.1, 0.15) is 148 Å². The second kappa shape index (κ2) is 48.7. The van der Waals surface area contributed by atoms with Gasteiger partial charge in [0.15, 0.2) is 57.2 Å². The maximum Gasteiger partial charge on any atom is 0.183 e. The predicted molar refractivity (Wildman–Crippen MR) is 523 cm³/mol. The first kappa shape index (κ1) is 97.8. The quantitative estimate of drug-likeness (QED) is 0.0376. The van der Waals surface area contributed by atoms with Gasteiger partial charge in [-0.25, -0.2) is 95.2 Å². The van der Waals surface area contributed by atoms with Crippen LogP contribution in [0.5, 0.6) is 28.7 Å². The Labute approximate surface area is 814 Å².